The lowest BCUT2D eigenvalue weighted by Gasteiger charge is -2.21. The highest BCUT2D eigenvalue weighted by Gasteiger charge is 2.16. The number of carbonyl (C=O) groups excluding carboxylic acids is 1. The van der Waals surface area contributed by atoms with Gasteiger partial charge in [0.2, 0.25) is 5.91 Å². The molecule has 0 atom stereocenters. The van der Waals surface area contributed by atoms with Crippen molar-refractivity contribution in [3.05, 3.63) is 32.8 Å². The maximum atomic E-state index is 12.0. The van der Waals surface area contributed by atoms with Crippen LogP contribution in [0.25, 0.3) is 0 Å². The molecule has 1 fully saturated rings. The molecule has 1 aromatic rings. The van der Waals surface area contributed by atoms with Gasteiger partial charge in [0.15, 0.2) is 0 Å². The van der Waals surface area contributed by atoms with E-state index in [1.54, 1.807) is 17.8 Å². The molecule has 0 saturated carbocycles. The average molecular weight is 374 g/mol. The van der Waals surface area contributed by atoms with Crippen molar-refractivity contribution < 1.29 is 9.72 Å². The van der Waals surface area contributed by atoms with Gasteiger partial charge in [0, 0.05) is 21.9 Å². The summed E-state index contributed by atoms with van der Waals surface area (Å²) in [6.07, 6.45) is 2.14. The Morgan fingerprint density at radius 3 is 2.86 bits per heavy atom. The number of nitrogens with zero attached hydrogens (tertiary/aromatic N) is 1. The van der Waals surface area contributed by atoms with Gasteiger partial charge >= 0.3 is 0 Å². The number of halogens is 1. The highest BCUT2D eigenvalue weighted by Crippen LogP contribution is 2.27. The molecule has 8 heteroatoms. The predicted molar refractivity (Wildman–Crippen MR) is 87.8 cm³/mol. The molecule has 0 aromatic heterocycles. The molecule has 6 nitrogen and oxygen atoms in total. The molecule has 0 bridgehead atoms. The second kappa shape index (κ2) is 7.77. The zero-order chi connectivity index (χ0) is 15.2. The van der Waals surface area contributed by atoms with E-state index in [1.807, 2.05) is 0 Å². The summed E-state index contributed by atoms with van der Waals surface area (Å²) < 4.78 is 0.633. The van der Waals surface area contributed by atoms with Gasteiger partial charge in [0.25, 0.3) is 5.69 Å². The first kappa shape index (κ1) is 16.3. The number of nitro groups is 1. The molecule has 2 rings (SSSR count). The van der Waals surface area contributed by atoms with E-state index in [0.717, 1.165) is 25.9 Å². The number of anilines is 1. The van der Waals surface area contributed by atoms with Crippen molar-refractivity contribution in [2.24, 2.45) is 0 Å². The quantitative estimate of drug-likeness (QED) is 0.612. The third-order valence-electron chi connectivity index (χ3n) is 3.17. The van der Waals surface area contributed by atoms with Crippen LogP contribution in [0.4, 0.5) is 11.4 Å². The van der Waals surface area contributed by atoms with E-state index in [-0.39, 0.29) is 11.6 Å². The Hall–Kier alpha value is -1.12. The summed E-state index contributed by atoms with van der Waals surface area (Å²) >= 11 is 4.92. The number of nitrogens with one attached hydrogen (secondary N) is 2. The molecule has 2 N–H and O–H groups in total. The molecule has 0 radical (unpaired) electrons. The minimum atomic E-state index is -0.480. The molecule has 0 spiro atoms. The van der Waals surface area contributed by atoms with Crippen LogP contribution in [0.15, 0.2) is 22.7 Å². The average Bonchev–Trinajstić information content (AvgIpc) is 2.48. The Morgan fingerprint density at radius 1 is 1.48 bits per heavy atom. The summed E-state index contributed by atoms with van der Waals surface area (Å²) in [7, 11) is 0. The highest BCUT2D eigenvalue weighted by atomic mass is 79.9. The number of carbonyl (C=O) groups is 1. The van der Waals surface area contributed by atoms with Gasteiger partial charge in [-0.05, 0) is 47.9 Å². The molecule has 1 aliphatic heterocycles. The van der Waals surface area contributed by atoms with Gasteiger partial charge in [-0.25, -0.2) is 0 Å². The van der Waals surface area contributed by atoms with Crippen molar-refractivity contribution in [2.75, 3.05) is 24.2 Å². The molecule has 0 unspecified atom stereocenters. The van der Waals surface area contributed by atoms with E-state index in [2.05, 4.69) is 26.6 Å². The zero-order valence-electron chi connectivity index (χ0n) is 11.3. The number of non-ortho nitro benzene ring substituents is 1. The van der Waals surface area contributed by atoms with Gasteiger partial charge in [-0.3, -0.25) is 14.9 Å². The smallest absolute Gasteiger partial charge is 0.271 e. The van der Waals surface area contributed by atoms with Crippen molar-refractivity contribution in [3.63, 3.8) is 0 Å². The molecule has 0 aliphatic carbocycles. The van der Waals surface area contributed by atoms with Crippen LogP contribution in [0.3, 0.4) is 0 Å². The Kier molecular flexibility index (Phi) is 6.01. The number of hydrogen-bond donors (Lipinski definition) is 2. The molecule has 1 aromatic carbocycles. The molecular formula is C13H16BrN3O3S. The number of amides is 1. The third-order valence-corrected chi connectivity index (χ3v) is 5.23. The first-order chi connectivity index (χ1) is 10.1. The molecule has 21 heavy (non-hydrogen) atoms. The van der Waals surface area contributed by atoms with Crippen LogP contribution in [-0.2, 0) is 4.79 Å². The van der Waals surface area contributed by atoms with E-state index in [0.29, 0.717) is 21.2 Å². The number of rotatable bonds is 5. The fourth-order valence-electron chi connectivity index (χ4n) is 2.06. The topological polar surface area (TPSA) is 84.3 Å². The van der Waals surface area contributed by atoms with Crippen LogP contribution < -0.4 is 10.6 Å². The van der Waals surface area contributed by atoms with E-state index < -0.39 is 4.92 Å². The summed E-state index contributed by atoms with van der Waals surface area (Å²) in [6.45, 7) is 1.99. The van der Waals surface area contributed by atoms with Crippen LogP contribution in [0.1, 0.15) is 12.8 Å². The fraction of sp³-hybridized carbons (Fsp3) is 0.462. The Balaban J connectivity index is 1.89. The largest absolute Gasteiger partial charge is 0.324 e. The summed E-state index contributed by atoms with van der Waals surface area (Å²) in [5.74, 6) is 0.222. The minimum Gasteiger partial charge on any atom is -0.324 e. The van der Waals surface area contributed by atoms with Crippen LogP contribution >= 0.6 is 27.7 Å². The lowest BCUT2D eigenvalue weighted by Crippen LogP contribution is -2.30. The van der Waals surface area contributed by atoms with Gasteiger partial charge in [0.05, 0.1) is 16.4 Å². The van der Waals surface area contributed by atoms with Crippen molar-refractivity contribution in [1.29, 1.82) is 0 Å². The molecule has 1 amide bonds. The Labute approximate surface area is 135 Å². The van der Waals surface area contributed by atoms with Crippen molar-refractivity contribution in [1.82, 2.24) is 5.32 Å². The summed E-state index contributed by atoms with van der Waals surface area (Å²) in [5, 5.41) is 17.3. The number of hydrogen-bond acceptors (Lipinski definition) is 5. The van der Waals surface area contributed by atoms with E-state index >= 15 is 0 Å². The van der Waals surface area contributed by atoms with Gasteiger partial charge in [-0.1, -0.05) is 0 Å². The number of nitro benzene ring substituents is 1. The van der Waals surface area contributed by atoms with Gasteiger partial charge in [0.1, 0.15) is 0 Å². The summed E-state index contributed by atoms with van der Waals surface area (Å²) in [4.78, 5) is 22.2. The highest BCUT2D eigenvalue weighted by molar-refractivity contribution is 9.10. The molecule has 1 saturated heterocycles. The van der Waals surface area contributed by atoms with E-state index in [1.165, 1.54) is 12.1 Å². The maximum absolute atomic E-state index is 12.0. The van der Waals surface area contributed by atoms with Crippen molar-refractivity contribution in [2.45, 2.75) is 18.1 Å². The lowest BCUT2D eigenvalue weighted by atomic mass is 10.2. The van der Waals surface area contributed by atoms with Crippen LogP contribution in [-0.4, -0.2) is 34.9 Å². The van der Waals surface area contributed by atoms with E-state index in [9.17, 15) is 14.9 Å². The first-order valence-electron chi connectivity index (χ1n) is 6.62. The standard InChI is InChI=1S/C13H16BrN3O3S/c14-11-2-1-9(17(19)20)7-12(11)16-13(18)8-21-10-3-5-15-6-4-10/h1-2,7,10,15H,3-6,8H2,(H,16,18). The predicted octanol–water partition coefficient (Wildman–Crippen LogP) is 2.78. The summed E-state index contributed by atoms with van der Waals surface area (Å²) in [6, 6.07) is 4.31. The second-order valence-electron chi connectivity index (χ2n) is 4.73. The Bertz CT molecular complexity index is 535. The normalized spacial score (nSPS) is 15.7. The van der Waals surface area contributed by atoms with Crippen LogP contribution in [0, 0.1) is 10.1 Å². The third kappa shape index (κ3) is 4.98. The van der Waals surface area contributed by atoms with Crippen molar-refractivity contribution in [3.8, 4) is 0 Å². The second-order valence-corrected chi connectivity index (χ2v) is 6.87. The van der Waals surface area contributed by atoms with Gasteiger partial charge in [-0.2, -0.15) is 0 Å². The lowest BCUT2D eigenvalue weighted by molar-refractivity contribution is -0.384. The number of benzene rings is 1. The molecule has 114 valence electrons. The number of piperidine rings is 1. The molecule has 1 heterocycles. The monoisotopic (exact) mass is 373 g/mol. The van der Waals surface area contributed by atoms with Gasteiger partial charge < -0.3 is 10.6 Å². The fourth-order valence-corrected chi connectivity index (χ4v) is 3.44. The van der Waals surface area contributed by atoms with Crippen LogP contribution in [0.2, 0.25) is 0 Å². The SMILES string of the molecule is O=C(CSC1CCNCC1)Nc1cc([N+](=O)[O-])ccc1Br. The summed E-state index contributed by atoms with van der Waals surface area (Å²) in [5.41, 5.74) is 0.389. The zero-order valence-corrected chi connectivity index (χ0v) is 13.7. The maximum Gasteiger partial charge on any atom is 0.271 e. The Morgan fingerprint density at radius 2 is 2.19 bits per heavy atom. The van der Waals surface area contributed by atoms with Gasteiger partial charge in [-0.15, -0.1) is 11.8 Å². The van der Waals surface area contributed by atoms with E-state index in [4.69, 9.17) is 0 Å². The first-order valence-corrected chi connectivity index (χ1v) is 8.46. The number of thioether (sulfide) groups is 1. The molecular weight excluding hydrogens is 358 g/mol. The molecule has 1 aliphatic rings. The van der Waals surface area contributed by atoms with Crippen molar-refractivity contribution >= 4 is 45.0 Å². The minimum absolute atomic E-state index is 0.0421. The van der Waals surface area contributed by atoms with Crippen LogP contribution in [0.5, 0.6) is 0 Å².